The van der Waals surface area contributed by atoms with Crippen molar-refractivity contribution < 1.29 is 4.79 Å². The van der Waals surface area contributed by atoms with Gasteiger partial charge in [-0.15, -0.1) is 11.3 Å². The van der Waals surface area contributed by atoms with Gasteiger partial charge in [-0.25, -0.2) is 4.98 Å². The molecule has 2 aromatic carbocycles. The SMILES string of the molecule is Cc1sc2nc(SCC(=O)N(C)C(c3ccccc3)c3ccccc3)n(C)c(=O)c2c1C. The van der Waals surface area contributed by atoms with Crippen LogP contribution in [0.2, 0.25) is 0 Å². The van der Waals surface area contributed by atoms with Gasteiger partial charge < -0.3 is 4.90 Å². The monoisotopic (exact) mass is 463 g/mol. The number of aryl methyl sites for hydroxylation is 2. The van der Waals surface area contributed by atoms with Crippen molar-refractivity contribution in [1.29, 1.82) is 0 Å². The fourth-order valence-corrected chi connectivity index (χ4v) is 5.73. The number of benzene rings is 2. The summed E-state index contributed by atoms with van der Waals surface area (Å²) in [5, 5.41) is 1.23. The first kappa shape index (κ1) is 22.3. The molecule has 32 heavy (non-hydrogen) atoms. The molecular weight excluding hydrogens is 438 g/mol. The maximum atomic E-state index is 13.2. The van der Waals surface area contributed by atoms with Crippen LogP contribution in [0.4, 0.5) is 0 Å². The van der Waals surface area contributed by atoms with Gasteiger partial charge in [0.15, 0.2) is 5.16 Å². The van der Waals surface area contributed by atoms with Crippen LogP contribution >= 0.6 is 23.1 Å². The molecule has 0 saturated carbocycles. The van der Waals surface area contributed by atoms with Crippen molar-refractivity contribution >= 4 is 39.2 Å². The molecule has 0 unspecified atom stereocenters. The fourth-order valence-electron chi connectivity index (χ4n) is 3.77. The average Bonchev–Trinajstić information content (AvgIpc) is 3.10. The second kappa shape index (κ2) is 9.30. The third-order valence-corrected chi connectivity index (χ3v) is 7.82. The molecule has 2 heterocycles. The number of thiophene rings is 1. The number of nitrogens with zero attached hydrogens (tertiary/aromatic N) is 3. The molecule has 7 heteroatoms. The molecule has 4 rings (SSSR count). The minimum atomic E-state index is -0.188. The number of rotatable bonds is 6. The predicted molar refractivity (Wildman–Crippen MR) is 133 cm³/mol. The maximum Gasteiger partial charge on any atom is 0.262 e. The number of hydrogen-bond acceptors (Lipinski definition) is 5. The van der Waals surface area contributed by atoms with E-state index in [-0.39, 0.29) is 23.3 Å². The van der Waals surface area contributed by atoms with Crippen LogP contribution in [0, 0.1) is 13.8 Å². The lowest BCUT2D eigenvalue weighted by Crippen LogP contribution is -2.33. The summed E-state index contributed by atoms with van der Waals surface area (Å²) in [6, 6.07) is 19.8. The largest absolute Gasteiger partial charge is 0.334 e. The number of carbonyl (C=O) groups is 1. The molecule has 0 aliphatic carbocycles. The van der Waals surface area contributed by atoms with E-state index in [0.717, 1.165) is 26.4 Å². The Kier molecular flexibility index (Phi) is 6.48. The number of carbonyl (C=O) groups excluding carboxylic acids is 1. The van der Waals surface area contributed by atoms with E-state index in [4.69, 9.17) is 0 Å². The van der Waals surface area contributed by atoms with Crippen LogP contribution in [0.25, 0.3) is 10.2 Å². The van der Waals surface area contributed by atoms with Crippen LogP contribution in [0.5, 0.6) is 0 Å². The first-order valence-corrected chi connectivity index (χ1v) is 12.1. The molecule has 0 bridgehead atoms. The van der Waals surface area contributed by atoms with E-state index < -0.39 is 0 Å². The van der Waals surface area contributed by atoms with Crippen molar-refractivity contribution in [3.8, 4) is 0 Å². The Labute approximate surface area is 195 Å². The highest BCUT2D eigenvalue weighted by molar-refractivity contribution is 7.99. The highest BCUT2D eigenvalue weighted by atomic mass is 32.2. The van der Waals surface area contributed by atoms with E-state index in [1.165, 1.54) is 23.1 Å². The lowest BCUT2D eigenvalue weighted by atomic mass is 9.97. The van der Waals surface area contributed by atoms with Gasteiger partial charge in [-0.1, -0.05) is 72.4 Å². The number of aromatic nitrogens is 2. The van der Waals surface area contributed by atoms with Crippen molar-refractivity contribution in [1.82, 2.24) is 14.5 Å². The van der Waals surface area contributed by atoms with Crippen molar-refractivity contribution in [3.63, 3.8) is 0 Å². The third kappa shape index (κ3) is 4.23. The standard InChI is InChI=1S/C25H25N3O2S2/c1-16-17(2)32-23-21(16)24(30)28(4)25(26-23)31-15-20(29)27(3)22(18-11-7-5-8-12-18)19-13-9-6-10-14-19/h5-14,22H,15H2,1-4H3. The fraction of sp³-hybridized carbons (Fsp3) is 0.240. The Balaban J connectivity index is 1.59. The van der Waals surface area contributed by atoms with Crippen LogP contribution in [0.3, 0.4) is 0 Å². The van der Waals surface area contributed by atoms with Crippen LogP contribution in [0.1, 0.15) is 27.6 Å². The molecule has 0 spiro atoms. The average molecular weight is 464 g/mol. The lowest BCUT2D eigenvalue weighted by molar-refractivity contribution is -0.128. The summed E-state index contributed by atoms with van der Waals surface area (Å²) in [5.74, 6) is 0.169. The smallest absolute Gasteiger partial charge is 0.262 e. The third-order valence-electron chi connectivity index (χ3n) is 5.71. The molecule has 2 aromatic heterocycles. The number of fused-ring (bicyclic) bond motifs is 1. The second-order valence-electron chi connectivity index (χ2n) is 7.74. The van der Waals surface area contributed by atoms with Crippen LogP contribution in [-0.2, 0) is 11.8 Å². The van der Waals surface area contributed by atoms with E-state index in [2.05, 4.69) is 4.98 Å². The van der Waals surface area contributed by atoms with Crippen molar-refractivity contribution in [2.24, 2.45) is 7.05 Å². The molecule has 0 aliphatic rings. The molecule has 0 radical (unpaired) electrons. The van der Waals surface area contributed by atoms with Gasteiger partial charge in [-0.2, -0.15) is 0 Å². The zero-order chi connectivity index (χ0) is 22.8. The summed E-state index contributed by atoms with van der Waals surface area (Å²) < 4.78 is 1.55. The predicted octanol–water partition coefficient (Wildman–Crippen LogP) is 4.95. The summed E-state index contributed by atoms with van der Waals surface area (Å²) in [5.41, 5.74) is 3.03. The van der Waals surface area contributed by atoms with Gasteiger partial charge >= 0.3 is 0 Å². The van der Waals surface area contributed by atoms with Crippen LogP contribution < -0.4 is 5.56 Å². The Hall–Kier alpha value is -2.90. The molecule has 4 aromatic rings. The summed E-state index contributed by atoms with van der Waals surface area (Å²) >= 11 is 2.83. The van der Waals surface area contributed by atoms with E-state index in [9.17, 15) is 9.59 Å². The van der Waals surface area contributed by atoms with Gasteiger partial charge in [-0.3, -0.25) is 14.2 Å². The number of amides is 1. The summed E-state index contributed by atoms with van der Waals surface area (Å²) in [6.45, 7) is 3.95. The summed E-state index contributed by atoms with van der Waals surface area (Å²) in [6.07, 6.45) is 0. The van der Waals surface area contributed by atoms with E-state index >= 15 is 0 Å². The number of hydrogen-bond donors (Lipinski definition) is 0. The quantitative estimate of drug-likeness (QED) is 0.300. The zero-order valence-electron chi connectivity index (χ0n) is 18.5. The van der Waals surface area contributed by atoms with Crippen LogP contribution in [-0.4, -0.2) is 33.2 Å². The first-order chi connectivity index (χ1) is 15.4. The minimum absolute atomic E-state index is 0.0272. The lowest BCUT2D eigenvalue weighted by Gasteiger charge is -2.29. The Morgan fingerprint density at radius 1 is 1.06 bits per heavy atom. The maximum absolute atomic E-state index is 13.2. The van der Waals surface area contributed by atoms with Crippen molar-refractivity contribution in [3.05, 3.63) is 92.6 Å². The molecule has 0 N–H and O–H groups in total. The van der Waals surface area contributed by atoms with Crippen molar-refractivity contribution in [2.75, 3.05) is 12.8 Å². The van der Waals surface area contributed by atoms with Gasteiger partial charge in [0.05, 0.1) is 17.2 Å². The minimum Gasteiger partial charge on any atom is -0.334 e. The molecule has 0 fully saturated rings. The summed E-state index contributed by atoms with van der Waals surface area (Å²) in [4.78, 5) is 34.4. The zero-order valence-corrected chi connectivity index (χ0v) is 20.2. The topological polar surface area (TPSA) is 55.2 Å². The van der Waals surface area contributed by atoms with E-state index in [0.29, 0.717) is 10.5 Å². The highest BCUT2D eigenvalue weighted by Crippen LogP contribution is 2.30. The van der Waals surface area contributed by atoms with E-state index in [1.807, 2.05) is 81.6 Å². The van der Waals surface area contributed by atoms with Gasteiger partial charge in [0.1, 0.15) is 4.83 Å². The highest BCUT2D eigenvalue weighted by Gasteiger charge is 2.24. The summed E-state index contributed by atoms with van der Waals surface area (Å²) in [7, 11) is 3.55. The molecule has 0 aliphatic heterocycles. The van der Waals surface area contributed by atoms with Gasteiger partial charge in [0.2, 0.25) is 5.91 Å². The Bertz CT molecular complexity index is 1270. The van der Waals surface area contributed by atoms with Gasteiger partial charge in [0.25, 0.3) is 5.56 Å². The molecule has 164 valence electrons. The van der Waals surface area contributed by atoms with Gasteiger partial charge in [-0.05, 0) is 30.5 Å². The van der Waals surface area contributed by atoms with Crippen LogP contribution in [0.15, 0.2) is 70.6 Å². The molecule has 1 amide bonds. The van der Waals surface area contributed by atoms with Crippen molar-refractivity contribution in [2.45, 2.75) is 25.0 Å². The molecular formula is C25H25N3O2S2. The second-order valence-corrected chi connectivity index (χ2v) is 9.88. The first-order valence-electron chi connectivity index (χ1n) is 10.3. The van der Waals surface area contributed by atoms with E-state index in [1.54, 1.807) is 16.5 Å². The number of thioether (sulfide) groups is 1. The molecule has 0 atom stereocenters. The molecule has 5 nitrogen and oxygen atoms in total. The Morgan fingerprint density at radius 3 is 2.19 bits per heavy atom. The molecule has 0 saturated heterocycles. The Morgan fingerprint density at radius 2 is 1.62 bits per heavy atom. The van der Waals surface area contributed by atoms with Gasteiger partial charge in [0, 0.05) is 19.0 Å². The normalized spacial score (nSPS) is 11.3.